The molecule has 2 atom stereocenters. The van der Waals surface area contributed by atoms with E-state index in [1.165, 1.54) is 12.8 Å². The van der Waals surface area contributed by atoms with Crippen LogP contribution in [-0.2, 0) is 4.79 Å². The van der Waals surface area contributed by atoms with Gasteiger partial charge in [-0.25, -0.2) is 0 Å². The molecule has 4 heteroatoms. The molecule has 80 valence electrons. The number of amides is 1. The SMILES string of the molecule is CC1CSCC(=O)N1C1CCCNC1. The summed E-state index contributed by atoms with van der Waals surface area (Å²) < 4.78 is 0. The molecule has 0 spiro atoms. The lowest BCUT2D eigenvalue weighted by atomic mass is 10.0. The van der Waals surface area contributed by atoms with E-state index in [-0.39, 0.29) is 0 Å². The van der Waals surface area contributed by atoms with E-state index in [4.69, 9.17) is 0 Å². The predicted octanol–water partition coefficient (Wildman–Crippen LogP) is 0.702. The molecule has 0 bridgehead atoms. The van der Waals surface area contributed by atoms with Gasteiger partial charge in [0.05, 0.1) is 5.75 Å². The van der Waals surface area contributed by atoms with Crippen molar-refractivity contribution in [1.82, 2.24) is 10.2 Å². The molecular weight excluding hydrogens is 196 g/mol. The second kappa shape index (κ2) is 4.53. The largest absolute Gasteiger partial charge is 0.334 e. The molecule has 2 aliphatic heterocycles. The number of hydrogen-bond acceptors (Lipinski definition) is 3. The van der Waals surface area contributed by atoms with E-state index in [2.05, 4.69) is 17.1 Å². The minimum absolute atomic E-state index is 0.336. The van der Waals surface area contributed by atoms with Crippen LogP contribution in [0.4, 0.5) is 0 Å². The van der Waals surface area contributed by atoms with Gasteiger partial charge in [0.2, 0.25) is 5.91 Å². The summed E-state index contributed by atoms with van der Waals surface area (Å²) in [7, 11) is 0. The second-order valence-corrected chi connectivity index (χ2v) is 5.20. The van der Waals surface area contributed by atoms with E-state index in [1.54, 1.807) is 11.8 Å². The zero-order valence-corrected chi connectivity index (χ0v) is 9.48. The third-order valence-electron chi connectivity index (χ3n) is 3.01. The van der Waals surface area contributed by atoms with Crippen molar-refractivity contribution in [3.63, 3.8) is 0 Å². The molecule has 0 radical (unpaired) electrons. The summed E-state index contributed by atoms with van der Waals surface area (Å²) in [6.07, 6.45) is 2.38. The minimum Gasteiger partial charge on any atom is -0.334 e. The van der Waals surface area contributed by atoms with E-state index in [9.17, 15) is 4.79 Å². The molecule has 14 heavy (non-hydrogen) atoms. The van der Waals surface area contributed by atoms with Crippen molar-refractivity contribution in [3.8, 4) is 0 Å². The summed E-state index contributed by atoms with van der Waals surface area (Å²) in [5.41, 5.74) is 0. The summed E-state index contributed by atoms with van der Waals surface area (Å²) in [4.78, 5) is 13.9. The average molecular weight is 214 g/mol. The number of thioether (sulfide) groups is 1. The normalized spacial score (nSPS) is 34.6. The number of nitrogens with zero attached hydrogens (tertiary/aromatic N) is 1. The summed E-state index contributed by atoms with van der Waals surface area (Å²) in [5, 5.41) is 3.37. The fourth-order valence-corrected chi connectivity index (χ4v) is 3.30. The van der Waals surface area contributed by atoms with Crippen molar-refractivity contribution < 1.29 is 4.79 Å². The summed E-state index contributed by atoms with van der Waals surface area (Å²) in [6, 6.07) is 0.873. The first kappa shape index (κ1) is 10.3. The number of carbonyl (C=O) groups excluding carboxylic acids is 1. The first-order valence-corrected chi connectivity index (χ1v) is 6.54. The highest BCUT2D eigenvalue weighted by molar-refractivity contribution is 8.00. The fraction of sp³-hybridized carbons (Fsp3) is 0.900. The van der Waals surface area contributed by atoms with E-state index < -0.39 is 0 Å². The average Bonchev–Trinajstić information content (AvgIpc) is 2.19. The number of carbonyl (C=O) groups is 1. The van der Waals surface area contributed by atoms with Gasteiger partial charge in [0.25, 0.3) is 0 Å². The third-order valence-corrected chi connectivity index (χ3v) is 4.18. The van der Waals surface area contributed by atoms with Gasteiger partial charge >= 0.3 is 0 Å². The number of piperidine rings is 1. The smallest absolute Gasteiger partial charge is 0.233 e. The van der Waals surface area contributed by atoms with Gasteiger partial charge in [-0.15, -0.1) is 11.8 Å². The lowest BCUT2D eigenvalue weighted by Crippen LogP contribution is -2.55. The fourth-order valence-electron chi connectivity index (χ4n) is 2.35. The molecule has 2 rings (SSSR count). The second-order valence-electron chi connectivity index (χ2n) is 4.17. The Morgan fingerprint density at radius 2 is 2.43 bits per heavy atom. The van der Waals surface area contributed by atoms with Crippen molar-refractivity contribution in [2.75, 3.05) is 24.6 Å². The lowest BCUT2D eigenvalue weighted by molar-refractivity contribution is -0.133. The Labute approximate surface area is 89.6 Å². The Balaban J connectivity index is 2.01. The van der Waals surface area contributed by atoms with Gasteiger partial charge in [-0.05, 0) is 26.3 Å². The van der Waals surface area contributed by atoms with E-state index in [1.807, 2.05) is 0 Å². The molecule has 2 aliphatic rings. The van der Waals surface area contributed by atoms with Crippen molar-refractivity contribution >= 4 is 17.7 Å². The Hall–Kier alpha value is -0.220. The molecule has 1 amide bonds. The molecular formula is C10H18N2OS. The Morgan fingerprint density at radius 3 is 3.07 bits per heavy atom. The standard InChI is InChI=1S/C10H18N2OS/c1-8-6-14-7-10(13)12(8)9-3-2-4-11-5-9/h8-9,11H,2-7H2,1H3. The quantitative estimate of drug-likeness (QED) is 0.697. The van der Waals surface area contributed by atoms with E-state index in [0.29, 0.717) is 23.7 Å². The highest BCUT2D eigenvalue weighted by Gasteiger charge is 2.31. The van der Waals surface area contributed by atoms with Crippen LogP contribution >= 0.6 is 11.8 Å². The predicted molar refractivity (Wildman–Crippen MR) is 59.5 cm³/mol. The van der Waals surface area contributed by atoms with Crippen LogP contribution in [0, 0.1) is 0 Å². The molecule has 0 aliphatic carbocycles. The third kappa shape index (κ3) is 2.06. The van der Waals surface area contributed by atoms with Crippen LogP contribution in [0.25, 0.3) is 0 Å². The van der Waals surface area contributed by atoms with Crippen LogP contribution in [0.5, 0.6) is 0 Å². The number of hydrogen-bond donors (Lipinski definition) is 1. The van der Waals surface area contributed by atoms with Gasteiger partial charge in [-0.2, -0.15) is 0 Å². The van der Waals surface area contributed by atoms with Crippen molar-refractivity contribution in [2.24, 2.45) is 0 Å². The van der Waals surface area contributed by atoms with Crippen molar-refractivity contribution in [1.29, 1.82) is 0 Å². The zero-order chi connectivity index (χ0) is 9.97. The van der Waals surface area contributed by atoms with Crippen LogP contribution < -0.4 is 5.32 Å². The monoisotopic (exact) mass is 214 g/mol. The molecule has 2 fully saturated rings. The van der Waals surface area contributed by atoms with Crippen molar-refractivity contribution in [3.05, 3.63) is 0 Å². The molecule has 2 heterocycles. The Bertz CT molecular complexity index is 216. The maximum absolute atomic E-state index is 11.8. The Morgan fingerprint density at radius 1 is 1.57 bits per heavy atom. The van der Waals surface area contributed by atoms with Crippen LogP contribution in [-0.4, -0.2) is 47.5 Å². The van der Waals surface area contributed by atoms with E-state index in [0.717, 1.165) is 18.8 Å². The molecule has 1 N–H and O–H groups in total. The minimum atomic E-state index is 0.336. The summed E-state index contributed by atoms with van der Waals surface area (Å²) in [5.74, 6) is 2.12. The zero-order valence-electron chi connectivity index (χ0n) is 8.66. The highest BCUT2D eigenvalue weighted by atomic mass is 32.2. The molecule has 0 aromatic heterocycles. The maximum Gasteiger partial charge on any atom is 0.233 e. The maximum atomic E-state index is 11.8. The van der Waals surface area contributed by atoms with E-state index >= 15 is 0 Å². The number of nitrogens with one attached hydrogen (secondary N) is 1. The Kier molecular flexibility index (Phi) is 3.34. The van der Waals surface area contributed by atoms with Crippen LogP contribution in [0.3, 0.4) is 0 Å². The first-order valence-electron chi connectivity index (χ1n) is 5.38. The molecule has 0 aromatic carbocycles. The van der Waals surface area contributed by atoms with Gasteiger partial charge in [0.15, 0.2) is 0 Å². The molecule has 3 nitrogen and oxygen atoms in total. The molecule has 0 saturated carbocycles. The van der Waals surface area contributed by atoms with Crippen LogP contribution in [0.1, 0.15) is 19.8 Å². The molecule has 2 saturated heterocycles. The van der Waals surface area contributed by atoms with Gasteiger partial charge < -0.3 is 10.2 Å². The summed E-state index contributed by atoms with van der Waals surface area (Å²) in [6.45, 7) is 4.26. The lowest BCUT2D eigenvalue weighted by Gasteiger charge is -2.41. The molecule has 2 unspecified atom stereocenters. The van der Waals surface area contributed by atoms with Gasteiger partial charge in [0.1, 0.15) is 0 Å². The topological polar surface area (TPSA) is 32.3 Å². The first-order chi connectivity index (χ1) is 6.79. The molecule has 0 aromatic rings. The van der Waals surface area contributed by atoms with Crippen LogP contribution in [0.2, 0.25) is 0 Å². The van der Waals surface area contributed by atoms with Crippen molar-refractivity contribution in [2.45, 2.75) is 31.8 Å². The van der Waals surface area contributed by atoms with Gasteiger partial charge in [-0.1, -0.05) is 0 Å². The van der Waals surface area contributed by atoms with Crippen LogP contribution in [0.15, 0.2) is 0 Å². The van der Waals surface area contributed by atoms with Gasteiger partial charge in [0, 0.05) is 24.4 Å². The highest BCUT2D eigenvalue weighted by Crippen LogP contribution is 2.22. The number of rotatable bonds is 1. The summed E-state index contributed by atoms with van der Waals surface area (Å²) >= 11 is 1.77. The van der Waals surface area contributed by atoms with Gasteiger partial charge in [-0.3, -0.25) is 4.79 Å².